The monoisotopic (exact) mass is 304 g/mol. The Morgan fingerprint density at radius 1 is 1.50 bits per heavy atom. The van der Waals surface area contributed by atoms with Gasteiger partial charge in [0.2, 0.25) is 11.1 Å². The maximum absolute atomic E-state index is 11.7. The molecule has 1 unspecified atom stereocenters. The van der Waals surface area contributed by atoms with E-state index in [1.54, 1.807) is 6.92 Å². The number of aryl methyl sites for hydroxylation is 1. The average molecular weight is 305 g/mol. The Morgan fingerprint density at radius 3 is 2.75 bits per heavy atom. The Hall–Kier alpha value is -1.11. The fraction of sp³-hybridized carbons (Fsp3) is 0.692. The predicted molar refractivity (Wildman–Crippen MR) is 74.6 cm³/mol. The summed E-state index contributed by atoms with van der Waals surface area (Å²) < 4.78 is 10.0. The summed E-state index contributed by atoms with van der Waals surface area (Å²) in [5.41, 5.74) is 1.15. The quantitative estimate of drug-likeness (QED) is 0.757. The van der Waals surface area contributed by atoms with Crippen LogP contribution in [-0.4, -0.2) is 42.0 Å². The molecule has 0 aromatic carbocycles. The second-order valence-corrected chi connectivity index (χ2v) is 5.43. The van der Waals surface area contributed by atoms with E-state index in [2.05, 4.69) is 10.5 Å². The van der Waals surface area contributed by atoms with Crippen LogP contribution in [0.1, 0.15) is 25.1 Å². The Balaban J connectivity index is 2.26. The molecule has 1 rings (SSSR count). The van der Waals surface area contributed by atoms with Gasteiger partial charge >= 0.3 is 0 Å². The molecular formula is C13H21ClN2O4. The van der Waals surface area contributed by atoms with E-state index >= 15 is 0 Å². The Morgan fingerprint density at radius 2 is 2.20 bits per heavy atom. The molecule has 1 amide bonds. The number of carbonyl (C=O) groups excluding carboxylic acids is 1. The molecule has 2 N–H and O–H groups in total. The van der Waals surface area contributed by atoms with Crippen LogP contribution in [0.25, 0.3) is 0 Å². The highest BCUT2D eigenvalue weighted by Gasteiger charge is 2.15. The Bertz CT molecular complexity index is 415. The van der Waals surface area contributed by atoms with Crippen molar-refractivity contribution in [2.45, 2.75) is 33.3 Å². The number of aromatic nitrogens is 1. The van der Waals surface area contributed by atoms with E-state index in [9.17, 15) is 9.90 Å². The summed E-state index contributed by atoms with van der Waals surface area (Å²) in [5, 5.41) is 16.1. The summed E-state index contributed by atoms with van der Waals surface area (Å²) in [6.07, 6.45) is -0.648. The van der Waals surface area contributed by atoms with Crippen LogP contribution in [0, 0.1) is 12.8 Å². The third-order valence-corrected chi connectivity index (χ3v) is 2.87. The van der Waals surface area contributed by atoms with Gasteiger partial charge in [0.25, 0.3) is 0 Å². The summed E-state index contributed by atoms with van der Waals surface area (Å²) in [6.45, 7) is 6.69. The number of aliphatic hydroxyl groups excluding tert-OH is 1. The van der Waals surface area contributed by atoms with Gasteiger partial charge in [-0.3, -0.25) is 4.79 Å². The molecule has 0 aliphatic rings. The average Bonchev–Trinajstić information content (AvgIpc) is 2.68. The fourth-order valence-electron chi connectivity index (χ4n) is 1.51. The van der Waals surface area contributed by atoms with E-state index in [0.717, 1.165) is 0 Å². The molecule has 0 saturated heterocycles. The molecule has 0 aliphatic heterocycles. The van der Waals surface area contributed by atoms with Crippen molar-refractivity contribution in [3.8, 4) is 0 Å². The fourth-order valence-corrected chi connectivity index (χ4v) is 1.75. The maximum Gasteiger partial charge on any atom is 0.229 e. The normalized spacial score (nSPS) is 12.7. The number of nitrogens with one attached hydrogen (secondary N) is 1. The summed E-state index contributed by atoms with van der Waals surface area (Å²) in [6, 6.07) is 0. The molecule has 1 heterocycles. The van der Waals surface area contributed by atoms with Crippen molar-refractivity contribution >= 4 is 17.5 Å². The van der Waals surface area contributed by atoms with Gasteiger partial charge < -0.3 is 19.7 Å². The largest absolute Gasteiger partial charge is 0.389 e. The standard InChI is InChI=1S/C13H21ClN2O4/c1-8(2)6-19-7-10(17)5-15-12(18)4-11-9(3)16-20-13(11)14/h8,10,17H,4-7H2,1-3H3,(H,15,18). The molecule has 1 aromatic heterocycles. The molecule has 0 bridgehead atoms. The molecule has 0 radical (unpaired) electrons. The predicted octanol–water partition coefficient (Wildman–Crippen LogP) is 1.33. The van der Waals surface area contributed by atoms with E-state index in [-0.39, 0.29) is 30.7 Å². The van der Waals surface area contributed by atoms with Gasteiger partial charge in [0, 0.05) is 18.7 Å². The highest BCUT2D eigenvalue weighted by Crippen LogP contribution is 2.19. The molecular weight excluding hydrogens is 284 g/mol. The Kier molecular flexibility index (Phi) is 6.98. The number of aliphatic hydroxyl groups is 1. The van der Waals surface area contributed by atoms with Crippen LogP contribution in [0.3, 0.4) is 0 Å². The van der Waals surface area contributed by atoms with Crippen molar-refractivity contribution in [2.75, 3.05) is 19.8 Å². The molecule has 0 fully saturated rings. The van der Waals surface area contributed by atoms with Gasteiger partial charge in [0.15, 0.2) is 0 Å². The number of hydrogen-bond donors (Lipinski definition) is 2. The van der Waals surface area contributed by atoms with E-state index in [0.29, 0.717) is 23.8 Å². The first-order valence-corrected chi connectivity index (χ1v) is 6.91. The van der Waals surface area contributed by atoms with Crippen molar-refractivity contribution in [3.05, 3.63) is 16.5 Å². The molecule has 6 nitrogen and oxygen atoms in total. The van der Waals surface area contributed by atoms with Crippen LogP contribution in [0.5, 0.6) is 0 Å². The van der Waals surface area contributed by atoms with Crippen LogP contribution in [0.2, 0.25) is 5.22 Å². The van der Waals surface area contributed by atoms with Crippen LogP contribution in [0.4, 0.5) is 0 Å². The zero-order valence-corrected chi connectivity index (χ0v) is 12.7. The summed E-state index contributed by atoms with van der Waals surface area (Å²) in [5.74, 6) is 0.164. The highest BCUT2D eigenvalue weighted by molar-refractivity contribution is 6.29. The first-order valence-electron chi connectivity index (χ1n) is 6.53. The van der Waals surface area contributed by atoms with Gasteiger partial charge in [-0.15, -0.1) is 0 Å². The zero-order chi connectivity index (χ0) is 15.1. The summed E-state index contributed by atoms with van der Waals surface area (Å²) in [7, 11) is 0. The smallest absolute Gasteiger partial charge is 0.229 e. The number of hydrogen-bond acceptors (Lipinski definition) is 5. The second kappa shape index (κ2) is 8.24. The number of ether oxygens (including phenoxy) is 1. The zero-order valence-electron chi connectivity index (χ0n) is 12.0. The lowest BCUT2D eigenvalue weighted by Crippen LogP contribution is -2.35. The number of carbonyl (C=O) groups is 1. The number of amides is 1. The van der Waals surface area contributed by atoms with Crippen molar-refractivity contribution in [1.82, 2.24) is 10.5 Å². The first-order chi connectivity index (χ1) is 9.40. The maximum atomic E-state index is 11.7. The molecule has 20 heavy (non-hydrogen) atoms. The van der Waals surface area contributed by atoms with Crippen molar-refractivity contribution in [2.24, 2.45) is 5.92 Å². The van der Waals surface area contributed by atoms with E-state index < -0.39 is 6.10 Å². The number of halogens is 1. The van der Waals surface area contributed by atoms with E-state index in [1.807, 2.05) is 13.8 Å². The van der Waals surface area contributed by atoms with Crippen molar-refractivity contribution < 1.29 is 19.2 Å². The van der Waals surface area contributed by atoms with Gasteiger partial charge in [-0.25, -0.2) is 0 Å². The van der Waals surface area contributed by atoms with Gasteiger partial charge in [-0.05, 0) is 24.4 Å². The topological polar surface area (TPSA) is 84.6 Å². The SMILES string of the molecule is Cc1noc(Cl)c1CC(=O)NCC(O)COCC(C)C. The van der Waals surface area contributed by atoms with Gasteiger partial charge in [-0.1, -0.05) is 19.0 Å². The number of rotatable bonds is 8. The summed E-state index contributed by atoms with van der Waals surface area (Å²) >= 11 is 5.77. The molecule has 7 heteroatoms. The van der Waals surface area contributed by atoms with Gasteiger partial charge in [0.1, 0.15) is 0 Å². The van der Waals surface area contributed by atoms with Crippen LogP contribution in [-0.2, 0) is 16.0 Å². The molecule has 1 aromatic rings. The lowest BCUT2D eigenvalue weighted by atomic mass is 10.2. The lowest BCUT2D eigenvalue weighted by molar-refractivity contribution is -0.121. The van der Waals surface area contributed by atoms with Crippen LogP contribution < -0.4 is 5.32 Å². The van der Waals surface area contributed by atoms with Gasteiger partial charge in [-0.2, -0.15) is 0 Å². The van der Waals surface area contributed by atoms with Gasteiger partial charge in [0.05, 0.1) is 24.8 Å². The van der Waals surface area contributed by atoms with Crippen LogP contribution >= 0.6 is 11.6 Å². The van der Waals surface area contributed by atoms with E-state index in [4.69, 9.17) is 20.9 Å². The third-order valence-electron chi connectivity index (χ3n) is 2.57. The van der Waals surface area contributed by atoms with Crippen molar-refractivity contribution in [1.29, 1.82) is 0 Å². The lowest BCUT2D eigenvalue weighted by Gasteiger charge is -2.13. The second-order valence-electron chi connectivity index (χ2n) is 5.09. The first kappa shape index (κ1) is 16.9. The molecule has 1 atom stereocenters. The highest BCUT2D eigenvalue weighted by atomic mass is 35.5. The van der Waals surface area contributed by atoms with Crippen molar-refractivity contribution in [3.63, 3.8) is 0 Å². The van der Waals surface area contributed by atoms with E-state index in [1.165, 1.54) is 0 Å². The molecule has 0 aliphatic carbocycles. The minimum absolute atomic E-state index is 0.0771. The minimum atomic E-state index is -0.725. The Labute approximate surface area is 123 Å². The number of nitrogens with zero attached hydrogens (tertiary/aromatic N) is 1. The summed E-state index contributed by atoms with van der Waals surface area (Å²) in [4.78, 5) is 11.7. The molecule has 0 spiro atoms. The van der Waals surface area contributed by atoms with Crippen LogP contribution in [0.15, 0.2) is 4.52 Å². The third kappa shape index (κ3) is 5.90. The molecule has 0 saturated carbocycles. The molecule has 114 valence electrons. The minimum Gasteiger partial charge on any atom is -0.389 e.